The van der Waals surface area contributed by atoms with Crippen LogP contribution in [0.15, 0.2) is 53.3 Å². The molecule has 1 N–H and O–H groups in total. The van der Waals surface area contributed by atoms with Gasteiger partial charge < -0.3 is 14.8 Å². The molecule has 0 atom stereocenters. The van der Waals surface area contributed by atoms with Gasteiger partial charge in [-0.15, -0.1) is 5.10 Å². The SMILES string of the molecule is Cc1cc2nn(CC(=O)NCc3ccc4c(c3)OCO4)c(=O)n2c(-c2ccc(C(F)(F)F)cc2)n1. The number of aromatic nitrogens is 4. The Morgan fingerprint density at radius 1 is 1.09 bits per heavy atom. The monoisotopic (exact) mass is 485 g/mol. The molecule has 1 amide bonds. The van der Waals surface area contributed by atoms with E-state index in [2.05, 4.69) is 15.4 Å². The number of carbonyl (C=O) groups is 1. The summed E-state index contributed by atoms with van der Waals surface area (Å²) in [5.41, 5.74) is 0.376. The lowest BCUT2D eigenvalue weighted by Crippen LogP contribution is -2.32. The predicted octanol–water partition coefficient (Wildman–Crippen LogP) is 2.93. The Hall–Kier alpha value is -4.35. The molecule has 1 aliphatic heterocycles. The lowest BCUT2D eigenvalue weighted by atomic mass is 10.1. The molecule has 0 radical (unpaired) electrons. The predicted molar refractivity (Wildman–Crippen MR) is 117 cm³/mol. The molecule has 0 saturated heterocycles. The van der Waals surface area contributed by atoms with E-state index >= 15 is 0 Å². The summed E-state index contributed by atoms with van der Waals surface area (Å²) in [5, 5.41) is 6.93. The van der Waals surface area contributed by atoms with E-state index in [9.17, 15) is 22.8 Å². The maximum atomic E-state index is 13.0. The Labute approximate surface area is 195 Å². The molecule has 0 aliphatic carbocycles. The summed E-state index contributed by atoms with van der Waals surface area (Å²) in [4.78, 5) is 29.9. The van der Waals surface area contributed by atoms with E-state index < -0.39 is 23.3 Å². The number of rotatable bonds is 5. The van der Waals surface area contributed by atoms with Crippen molar-refractivity contribution < 1.29 is 27.4 Å². The Kier molecular flexibility index (Phi) is 5.42. The van der Waals surface area contributed by atoms with Crippen molar-refractivity contribution in [2.45, 2.75) is 26.2 Å². The highest BCUT2D eigenvalue weighted by atomic mass is 19.4. The van der Waals surface area contributed by atoms with Crippen LogP contribution in [0.4, 0.5) is 13.2 Å². The van der Waals surface area contributed by atoms with Crippen molar-refractivity contribution in [1.82, 2.24) is 24.5 Å². The second-order valence-electron chi connectivity index (χ2n) is 7.89. The minimum absolute atomic E-state index is 0.130. The van der Waals surface area contributed by atoms with Crippen LogP contribution < -0.4 is 20.5 Å². The van der Waals surface area contributed by atoms with Crippen molar-refractivity contribution >= 4 is 11.6 Å². The molecule has 0 spiro atoms. The molecule has 0 saturated carbocycles. The molecule has 2 aromatic carbocycles. The third-order valence-corrected chi connectivity index (χ3v) is 5.39. The topological polar surface area (TPSA) is 99.8 Å². The highest BCUT2D eigenvalue weighted by molar-refractivity contribution is 5.75. The Bertz CT molecular complexity index is 1490. The molecule has 3 heterocycles. The number of halogens is 3. The van der Waals surface area contributed by atoms with E-state index in [1.807, 2.05) is 0 Å². The quantitative estimate of drug-likeness (QED) is 0.467. The first-order valence-electron chi connectivity index (χ1n) is 10.5. The number of fused-ring (bicyclic) bond motifs is 2. The number of hydrogen-bond donors (Lipinski definition) is 1. The van der Waals surface area contributed by atoms with Gasteiger partial charge >= 0.3 is 11.9 Å². The molecule has 4 aromatic rings. The van der Waals surface area contributed by atoms with Gasteiger partial charge in [-0.2, -0.15) is 13.2 Å². The second kappa shape index (κ2) is 8.46. The minimum atomic E-state index is -4.48. The number of nitrogens with zero attached hydrogens (tertiary/aromatic N) is 4. The van der Waals surface area contributed by atoms with Crippen LogP contribution in [0.2, 0.25) is 0 Å². The molecule has 5 rings (SSSR count). The van der Waals surface area contributed by atoms with E-state index in [1.54, 1.807) is 31.2 Å². The summed E-state index contributed by atoms with van der Waals surface area (Å²) < 4.78 is 51.5. The molecular formula is C23H18F3N5O4. The van der Waals surface area contributed by atoms with Crippen molar-refractivity contribution in [3.8, 4) is 22.9 Å². The van der Waals surface area contributed by atoms with Gasteiger partial charge in [-0.05, 0) is 36.8 Å². The highest BCUT2D eigenvalue weighted by Crippen LogP contribution is 2.32. The molecule has 2 aromatic heterocycles. The van der Waals surface area contributed by atoms with Gasteiger partial charge in [0.1, 0.15) is 12.4 Å². The third-order valence-electron chi connectivity index (χ3n) is 5.39. The second-order valence-corrected chi connectivity index (χ2v) is 7.89. The van der Waals surface area contributed by atoms with Crippen LogP contribution in [0.25, 0.3) is 17.0 Å². The zero-order valence-electron chi connectivity index (χ0n) is 18.3. The van der Waals surface area contributed by atoms with Gasteiger partial charge in [0, 0.05) is 23.9 Å². The van der Waals surface area contributed by atoms with Crippen LogP contribution in [0, 0.1) is 6.92 Å². The van der Waals surface area contributed by atoms with Crippen molar-refractivity contribution in [2.24, 2.45) is 0 Å². The summed E-state index contributed by atoms with van der Waals surface area (Å²) in [6.45, 7) is 1.67. The van der Waals surface area contributed by atoms with Gasteiger partial charge in [0.15, 0.2) is 17.1 Å². The van der Waals surface area contributed by atoms with Crippen LogP contribution in [0.5, 0.6) is 11.5 Å². The number of carbonyl (C=O) groups excluding carboxylic acids is 1. The number of benzene rings is 2. The van der Waals surface area contributed by atoms with E-state index in [0.717, 1.165) is 22.4 Å². The molecular weight excluding hydrogens is 467 g/mol. The molecule has 35 heavy (non-hydrogen) atoms. The molecule has 1 aliphatic rings. The first-order valence-corrected chi connectivity index (χ1v) is 10.5. The lowest BCUT2D eigenvalue weighted by Gasteiger charge is -2.08. The normalized spacial score (nSPS) is 12.8. The molecule has 180 valence electrons. The summed E-state index contributed by atoms with van der Waals surface area (Å²) in [5.74, 6) is 0.899. The summed E-state index contributed by atoms with van der Waals surface area (Å²) >= 11 is 0. The summed E-state index contributed by atoms with van der Waals surface area (Å²) in [7, 11) is 0. The number of ether oxygens (including phenoxy) is 2. The van der Waals surface area contributed by atoms with E-state index in [4.69, 9.17) is 9.47 Å². The zero-order chi connectivity index (χ0) is 24.7. The highest BCUT2D eigenvalue weighted by Gasteiger charge is 2.30. The standard InChI is InChI=1S/C23H18F3N5O4/c1-13-8-19-29-30(11-20(32)27-10-14-2-7-17-18(9-14)35-12-34-17)22(33)31(19)21(28-13)15-3-5-16(6-4-15)23(24,25)26/h2-9H,10-12H2,1H3,(H,27,32). The Balaban J connectivity index is 1.38. The van der Waals surface area contributed by atoms with Gasteiger partial charge in [-0.1, -0.05) is 18.2 Å². The third kappa shape index (κ3) is 4.42. The maximum absolute atomic E-state index is 13.0. The van der Waals surface area contributed by atoms with Crippen LogP contribution in [0.3, 0.4) is 0 Å². The lowest BCUT2D eigenvalue weighted by molar-refractivity contribution is -0.137. The van der Waals surface area contributed by atoms with Crippen molar-refractivity contribution in [3.05, 3.63) is 75.8 Å². The number of alkyl halides is 3. The van der Waals surface area contributed by atoms with Crippen molar-refractivity contribution in [2.75, 3.05) is 6.79 Å². The molecule has 0 unspecified atom stereocenters. The van der Waals surface area contributed by atoms with Gasteiger partial charge in [0.25, 0.3) is 0 Å². The van der Waals surface area contributed by atoms with Crippen LogP contribution in [-0.2, 0) is 24.1 Å². The molecule has 0 fully saturated rings. The molecule has 12 heteroatoms. The number of nitrogens with one attached hydrogen (secondary N) is 1. The smallest absolute Gasteiger partial charge is 0.416 e. The largest absolute Gasteiger partial charge is 0.454 e. The zero-order valence-corrected chi connectivity index (χ0v) is 18.3. The fourth-order valence-corrected chi connectivity index (χ4v) is 3.70. The van der Waals surface area contributed by atoms with Gasteiger partial charge in [-0.3, -0.25) is 4.79 Å². The van der Waals surface area contributed by atoms with Crippen molar-refractivity contribution in [3.63, 3.8) is 0 Å². The average Bonchev–Trinajstić information content (AvgIpc) is 3.40. The van der Waals surface area contributed by atoms with E-state index in [-0.39, 0.29) is 31.4 Å². The van der Waals surface area contributed by atoms with Crippen molar-refractivity contribution in [1.29, 1.82) is 0 Å². The number of amides is 1. The number of aryl methyl sites for hydroxylation is 1. The van der Waals surface area contributed by atoms with Gasteiger partial charge in [-0.25, -0.2) is 18.9 Å². The average molecular weight is 485 g/mol. The van der Waals surface area contributed by atoms with E-state index in [1.165, 1.54) is 16.5 Å². The summed E-state index contributed by atoms with van der Waals surface area (Å²) in [6.07, 6.45) is -4.48. The first-order chi connectivity index (χ1) is 16.7. The van der Waals surface area contributed by atoms with Gasteiger partial charge in [0.05, 0.1) is 5.56 Å². The maximum Gasteiger partial charge on any atom is 0.416 e. The first kappa shape index (κ1) is 22.4. The van der Waals surface area contributed by atoms with Gasteiger partial charge in [0.2, 0.25) is 12.7 Å². The van der Waals surface area contributed by atoms with Crippen LogP contribution in [-0.4, -0.2) is 31.9 Å². The van der Waals surface area contributed by atoms with Crippen LogP contribution >= 0.6 is 0 Å². The fraction of sp³-hybridized carbons (Fsp3) is 0.217. The molecule has 9 nitrogen and oxygen atoms in total. The minimum Gasteiger partial charge on any atom is -0.454 e. The Morgan fingerprint density at radius 3 is 2.57 bits per heavy atom. The fourth-order valence-electron chi connectivity index (χ4n) is 3.70. The number of hydrogen-bond acceptors (Lipinski definition) is 6. The summed E-state index contributed by atoms with van der Waals surface area (Å²) in [6, 6.07) is 11.2. The van der Waals surface area contributed by atoms with E-state index in [0.29, 0.717) is 22.8 Å². The van der Waals surface area contributed by atoms with Crippen LogP contribution in [0.1, 0.15) is 16.8 Å². The molecule has 0 bridgehead atoms. The Morgan fingerprint density at radius 2 is 1.83 bits per heavy atom.